The first-order chi connectivity index (χ1) is 15.3. The second-order valence-corrected chi connectivity index (χ2v) is 9.56. The molecule has 0 aromatic rings. The summed E-state index contributed by atoms with van der Waals surface area (Å²) in [5, 5.41) is 0. The Balaban J connectivity index is 0. The zero-order valence-electron chi connectivity index (χ0n) is 23.1. The van der Waals surface area contributed by atoms with Crippen molar-refractivity contribution < 1.29 is 0 Å². The van der Waals surface area contributed by atoms with Gasteiger partial charge in [0.1, 0.15) is 0 Å². The number of rotatable bonds is 25. The van der Waals surface area contributed by atoms with Crippen molar-refractivity contribution in [3.63, 3.8) is 0 Å². The molecule has 0 unspecified atom stereocenters. The van der Waals surface area contributed by atoms with Gasteiger partial charge in [-0.3, -0.25) is 0 Å². The Morgan fingerprint density at radius 1 is 0.290 bits per heavy atom. The normalized spacial score (nSPS) is 11.0. The van der Waals surface area contributed by atoms with Gasteiger partial charge in [-0.1, -0.05) is 157 Å². The highest BCUT2D eigenvalue weighted by Crippen LogP contribution is 2.13. The Morgan fingerprint density at radius 3 is 0.806 bits per heavy atom. The van der Waals surface area contributed by atoms with Crippen LogP contribution in [0, 0.1) is 0 Å². The van der Waals surface area contributed by atoms with Crippen molar-refractivity contribution in [2.24, 2.45) is 0 Å². The van der Waals surface area contributed by atoms with Crippen LogP contribution in [0.4, 0.5) is 0 Å². The third kappa shape index (κ3) is 30.0. The lowest BCUT2D eigenvalue weighted by atomic mass is 10.1. The number of nitrogens with zero attached hydrogens (tertiary/aromatic N) is 1. The summed E-state index contributed by atoms with van der Waals surface area (Å²) in [6.07, 6.45) is 31.7. The summed E-state index contributed by atoms with van der Waals surface area (Å²) in [7, 11) is 0. The van der Waals surface area contributed by atoms with E-state index in [1.54, 1.807) is 0 Å². The molecule has 0 atom stereocenters. The summed E-state index contributed by atoms with van der Waals surface area (Å²) in [5.41, 5.74) is 0. The van der Waals surface area contributed by atoms with Gasteiger partial charge in [-0.05, 0) is 38.9 Å². The molecule has 190 valence electrons. The number of unbranched alkanes of at least 4 members (excludes halogenated alkanes) is 19. The highest BCUT2D eigenvalue weighted by atomic mass is 15.1. The van der Waals surface area contributed by atoms with E-state index in [2.05, 4.69) is 25.7 Å². The molecular formula is C30H65N. The molecule has 0 aromatic heterocycles. The van der Waals surface area contributed by atoms with Gasteiger partial charge in [0.2, 0.25) is 0 Å². The van der Waals surface area contributed by atoms with E-state index in [0.717, 1.165) is 0 Å². The molecule has 0 saturated heterocycles. The Morgan fingerprint density at radius 2 is 0.516 bits per heavy atom. The predicted octanol–water partition coefficient (Wildman–Crippen LogP) is 11.0. The van der Waals surface area contributed by atoms with Gasteiger partial charge >= 0.3 is 0 Å². The van der Waals surface area contributed by atoms with Gasteiger partial charge < -0.3 is 4.90 Å². The zero-order valence-corrected chi connectivity index (χ0v) is 23.1. The molecular weight excluding hydrogens is 374 g/mol. The number of hydrogen-bond donors (Lipinski definition) is 0. The number of hydrogen-bond acceptors (Lipinski definition) is 1. The molecule has 0 N–H and O–H groups in total. The minimum Gasteiger partial charge on any atom is -0.303 e. The van der Waals surface area contributed by atoms with E-state index >= 15 is 0 Å². The van der Waals surface area contributed by atoms with Crippen LogP contribution in [0.15, 0.2) is 0 Å². The van der Waals surface area contributed by atoms with Gasteiger partial charge in [0.05, 0.1) is 0 Å². The average molecular weight is 440 g/mol. The van der Waals surface area contributed by atoms with Crippen LogP contribution >= 0.6 is 0 Å². The van der Waals surface area contributed by atoms with Crippen LogP contribution in [0.25, 0.3) is 0 Å². The molecule has 0 bridgehead atoms. The van der Waals surface area contributed by atoms with E-state index in [-0.39, 0.29) is 0 Å². The SMILES string of the molecule is CC.CCCCCCCCCCCCN(CCCC)CCCCCCCCCCCC. The topological polar surface area (TPSA) is 3.24 Å². The van der Waals surface area contributed by atoms with Gasteiger partial charge in [-0.15, -0.1) is 0 Å². The summed E-state index contributed by atoms with van der Waals surface area (Å²) in [4.78, 5) is 2.78. The lowest BCUT2D eigenvalue weighted by Gasteiger charge is -2.22. The molecule has 1 heteroatoms. The van der Waals surface area contributed by atoms with Gasteiger partial charge in [-0.25, -0.2) is 0 Å². The van der Waals surface area contributed by atoms with Crippen molar-refractivity contribution in [3.05, 3.63) is 0 Å². The summed E-state index contributed by atoms with van der Waals surface area (Å²) in [6.45, 7) is 15.0. The molecule has 0 heterocycles. The maximum absolute atomic E-state index is 2.78. The smallest absolute Gasteiger partial charge is 0.00187 e. The van der Waals surface area contributed by atoms with Crippen LogP contribution in [0.2, 0.25) is 0 Å². The van der Waals surface area contributed by atoms with Crippen LogP contribution in [-0.2, 0) is 0 Å². The molecule has 0 aliphatic heterocycles. The minimum absolute atomic E-state index is 1.34. The van der Waals surface area contributed by atoms with Crippen LogP contribution in [-0.4, -0.2) is 24.5 Å². The molecule has 1 nitrogen and oxygen atoms in total. The highest BCUT2D eigenvalue weighted by Gasteiger charge is 2.04. The second kappa shape index (κ2) is 32.1. The maximum atomic E-state index is 2.78. The largest absolute Gasteiger partial charge is 0.303 e. The summed E-state index contributed by atoms with van der Waals surface area (Å²) in [6, 6.07) is 0. The first kappa shape index (κ1) is 33.1. The van der Waals surface area contributed by atoms with E-state index in [1.807, 2.05) is 13.8 Å². The molecule has 0 fully saturated rings. The van der Waals surface area contributed by atoms with E-state index in [0.29, 0.717) is 0 Å². The van der Waals surface area contributed by atoms with Crippen molar-refractivity contribution in [2.75, 3.05) is 19.6 Å². The Kier molecular flexibility index (Phi) is 34.4. The molecule has 0 radical (unpaired) electrons. The van der Waals surface area contributed by atoms with Crippen molar-refractivity contribution in [3.8, 4) is 0 Å². The monoisotopic (exact) mass is 440 g/mol. The van der Waals surface area contributed by atoms with Crippen LogP contribution in [0.3, 0.4) is 0 Å². The highest BCUT2D eigenvalue weighted by molar-refractivity contribution is 4.60. The van der Waals surface area contributed by atoms with Crippen molar-refractivity contribution >= 4 is 0 Å². The minimum atomic E-state index is 1.34. The molecule has 0 aromatic carbocycles. The van der Waals surface area contributed by atoms with Gasteiger partial charge in [-0.2, -0.15) is 0 Å². The fourth-order valence-electron chi connectivity index (χ4n) is 4.36. The molecule has 0 aliphatic rings. The first-order valence-electron chi connectivity index (χ1n) is 15.1. The lowest BCUT2D eigenvalue weighted by molar-refractivity contribution is 0.256. The third-order valence-corrected chi connectivity index (χ3v) is 6.48. The van der Waals surface area contributed by atoms with E-state index < -0.39 is 0 Å². The molecule has 0 saturated carbocycles. The fraction of sp³-hybridized carbons (Fsp3) is 1.00. The molecule has 31 heavy (non-hydrogen) atoms. The molecule has 0 spiro atoms. The van der Waals surface area contributed by atoms with E-state index in [1.165, 1.54) is 161 Å². The molecule has 0 rings (SSSR count). The Bertz CT molecular complexity index is 252. The summed E-state index contributed by atoms with van der Waals surface area (Å²) < 4.78 is 0. The van der Waals surface area contributed by atoms with Crippen LogP contribution < -0.4 is 0 Å². The summed E-state index contributed by atoms with van der Waals surface area (Å²) in [5.74, 6) is 0. The van der Waals surface area contributed by atoms with Gasteiger partial charge in [0, 0.05) is 0 Å². The second-order valence-electron chi connectivity index (χ2n) is 9.56. The molecule has 0 amide bonds. The quantitative estimate of drug-likeness (QED) is 0.128. The van der Waals surface area contributed by atoms with Crippen molar-refractivity contribution in [1.29, 1.82) is 0 Å². The van der Waals surface area contributed by atoms with E-state index in [9.17, 15) is 0 Å². The fourth-order valence-corrected chi connectivity index (χ4v) is 4.36. The van der Waals surface area contributed by atoms with Crippen molar-refractivity contribution in [1.82, 2.24) is 4.90 Å². The predicted molar refractivity (Wildman–Crippen MR) is 146 cm³/mol. The van der Waals surface area contributed by atoms with Crippen LogP contribution in [0.5, 0.6) is 0 Å². The third-order valence-electron chi connectivity index (χ3n) is 6.48. The first-order valence-corrected chi connectivity index (χ1v) is 15.1. The Hall–Kier alpha value is -0.0400. The van der Waals surface area contributed by atoms with Gasteiger partial charge in [0.15, 0.2) is 0 Å². The van der Waals surface area contributed by atoms with Gasteiger partial charge in [0.25, 0.3) is 0 Å². The van der Waals surface area contributed by atoms with E-state index in [4.69, 9.17) is 0 Å². The standard InChI is InChI=1S/C28H59N.C2H6/c1-4-7-10-12-14-16-18-20-22-24-27-29(26-9-6-3)28-25-23-21-19-17-15-13-11-8-5-2;1-2/h4-28H2,1-3H3;1-2H3. The zero-order chi connectivity index (χ0) is 23.3. The summed E-state index contributed by atoms with van der Waals surface area (Å²) >= 11 is 0. The van der Waals surface area contributed by atoms with Crippen molar-refractivity contribution in [2.45, 2.75) is 176 Å². The molecule has 0 aliphatic carbocycles. The average Bonchev–Trinajstić information content (AvgIpc) is 2.80. The van der Waals surface area contributed by atoms with Crippen LogP contribution in [0.1, 0.15) is 176 Å². The maximum Gasteiger partial charge on any atom is -0.00187 e. The lowest BCUT2D eigenvalue weighted by Crippen LogP contribution is -2.27. The Labute approximate surface area is 200 Å².